The fourth-order valence-corrected chi connectivity index (χ4v) is 6.73. The molecule has 2 atom stereocenters. The van der Waals surface area contributed by atoms with E-state index in [9.17, 15) is 0 Å². The Morgan fingerprint density at radius 1 is 0.545 bits per heavy atom. The Hall–Kier alpha value is -2.94. The number of benzene rings is 3. The van der Waals surface area contributed by atoms with Crippen molar-refractivity contribution in [3.8, 4) is 11.5 Å². The lowest BCUT2D eigenvalue weighted by molar-refractivity contribution is 0.403. The van der Waals surface area contributed by atoms with Gasteiger partial charge in [0, 0.05) is 17.5 Å². The van der Waals surface area contributed by atoms with Gasteiger partial charge in [-0.3, -0.25) is 0 Å². The van der Waals surface area contributed by atoms with Gasteiger partial charge in [-0.2, -0.15) is 0 Å². The number of anilines is 1. The van der Waals surface area contributed by atoms with Gasteiger partial charge in [-0.05, 0) is 103 Å². The number of hydrogen-bond donors (Lipinski definition) is 1. The van der Waals surface area contributed by atoms with Crippen LogP contribution in [0, 0.1) is 6.92 Å². The smallest absolute Gasteiger partial charge is 0.125 e. The number of methoxy groups -OCH3 is 2. The maximum Gasteiger partial charge on any atom is 0.125 e. The molecular weight excluding hydrogens is 538 g/mol. The van der Waals surface area contributed by atoms with E-state index in [1.807, 2.05) is 14.2 Å². The third-order valence-electron chi connectivity index (χ3n) is 9.46. The predicted molar refractivity (Wildman–Crippen MR) is 191 cm³/mol. The van der Waals surface area contributed by atoms with E-state index in [2.05, 4.69) is 84.9 Å². The predicted octanol–water partition coefficient (Wildman–Crippen LogP) is 11.3. The zero-order chi connectivity index (χ0) is 32.2. The topological polar surface area (TPSA) is 44.5 Å². The molecule has 3 rings (SSSR count). The Morgan fingerprint density at radius 3 is 1.09 bits per heavy atom. The summed E-state index contributed by atoms with van der Waals surface area (Å²) in [7, 11) is 3.66. The number of unbranched alkanes of at least 4 members (excludes halogenated alkanes) is 4. The van der Waals surface area contributed by atoms with E-state index in [0.717, 1.165) is 68.6 Å². The van der Waals surface area contributed by atoms with Crippen molar-refractivity contribution in [3.63, 3.8) is 0 Å². The first kappa shape index (κ1) is 35.5. The monoisotopic (exact) mass is 599 g/mol. The molecule has 0 aliphatic heterocycles. The van der Waals surface area contributed by atoms with E-state index in [-0.39, 0.29) is 11.8 Å². The molecule has 0 heterocycles. The summed E-state index contributed by atoms with van der Waals surface area (Å²) in [6, 6.07) is 14.2. The molecule has 2 N–H and O–H groups in total. The van der Waals surface area contributed by atoms with Crippen molar-refractivity contribution in [1.82, 2.24) is 0 Å². The molecular formula is C41H61NO2. The first-order valence-electron chi connectivity index (χ1n) is 17.5. The van der Waals surface area contributed by atoms with Crippen molar-refractivity contribution in [2.24, 2.45) is 0 Å². The van der Waals surface area contributed by atoms with Crippen molar-refractivity contribution in [3.05, 3.63) is 86.5 Å². The van der Waals surface area contributed by atoms with Gasteiger partial charge >= 0.3 is 0 Å². The molecule has 0 spiro atoms. The molecule has 44 heavy (non-hydrogen) atoms. The summed E-state index contributed by atoms with van der Waals surface area (Å²) in [5, 5.41) is 0. The van der Waals surface area contributed by atoms with Crippen molar-refractivity contribution >= 4 is 5.69 Å². The number of hydrogen-bond acceptors (Lipinski definition) is 3. The Labute approximate surface area is 270 Å². The summed E-state index contributed by atoms with van der Waals surface area (Å²) in [6.45, 7) is 15.9. The summed E-state index contributed by atoms with van der Waals surface area (Å²) in [5.74, 6) is 2.55. The average Bonchev–Trinajstić information content (AvgIpc) is 3.03. The van der Waals surface area contributed by atoms with Crippen molar-refractivity contribution in [1.29, 1.82) is 0 Å². The van der Waals surface area contributed by atoms with Gasteiger partial charge in [0.1, 0.15) is 11.5 Å². The molecule has 0 aliphatic carbocycles. The van der Waals surface area contributed by atoms with Crippen LogP contribution in [0.4, 0.5) is 5.69 Å². The van der Waals surface area contributed by atoms with Crippen LogP contribution in [0.15, 0.2) is 36.4 Å². The van der Waals surface area contributed by atoms with E-state index in [1.165, 1.54) is 75.8 Å². The van der Waals surface area contributed by atoms with Crippen LogP contribution in [-0.4, -0.2) is 14.2 Å². The third kappa shape index (κ3) is 8.61. The highest BCUT2D eigenvalue weighted by molar-refractivity contribution is 5.63. The van der Waals surface area contributed by atoms with Gasteiger partial charge in [0.2, 0.25) is 0 Å². The first-order valence-corrected chi connectivity index (χ1v) is 17.5. The molecule has 242 valence electrons. The van der Waals surface area contributed by atoms with E-state index >= 15 is 0 Å². The third-order valence-corrected chi connectivity index (χ3v) is 9.46. The van der Waals surface area contributed by atoms with Crippen LogP contribution in [-0.2, 0) is 25.7 Å². The first-order chi connectivity index (χ1) is 21.2. The van der Waals surface area contributed by atoms with Gasteiger partial charge < -0.3 is 15.2 Å². The normalized spacial score (nSPS) is 12.8. The fourth-order valence-electron chi connectivity index (χ4n) is 6.73. The van der Waals surface area contributed by atoms with Gasteiger partial charge in [-0.1, -0.05) is 109 Å². The van der Waals surface area contributed by atoms with Crippen LogP contribution in [0.3, 0.4) is 0 Å². The Bertz CT molecular complexity index is 1180. The number of ether oxygens (including phenoxy) is 2. The lowest BCUT2D eigenvalue weighted by atomic mass is 9.82. The maximum absolute atomic E-state index is 7.16. The summed E-state index contributed by atoms with van der Waals surface area (Å²) < 4.78 is 12.0. The van der Waals surface area contributed by atoms with Gasteiger partial charge in [0.05, 0.1) is 14.2 Å². The molecule has 0 saturated carbocycles. The van der Waals surface area contributed by atoms with E-state index in [0.29, 0.717) is 0 Å². The lowest BCUT2D eigenvalue weighted by Gasteiger charge is -2.25. The van der Waals surface area contributed by atoms with E-state index < -0.39 is 0 Å². The number of nitrogen functional groups attached to an aromatic ring is 1. The standard InChI is InChI=1S/C41H61NO2/c1-10-14-18-31-24-35(25-32(19-15-11-2)40(31)43-8)29(6)37-22-28(5)23-38(39(37)42)30(7)36-26-33(20-16-12-3)41(44-9)34(27-36)21-17-13-4/h22-27,29-30H,10-21,42H2,1-9H3/t29-,30-/m1/s1. The minimum Gasteiger partial charge on any atom is -0.496 e. The highest BCUT2D eigenvalue weighted by atomic mass is 16.5. The molecule has 0 bridgehead atoms. The van der Waals surface area contributed by atoms with Crippen LogP contribution in [0.5, 0.6) is 11.5 Å². The number of rotatable bonds is 18. The molecule has 0 aliphatic rings. The second kappa shape index (κ2) is 17.5. The number of nitrogens with two attached hydrogens (primary N) is 1. The number of aryl methyl sites for hydroxylation is 5. The highest BCUT2D eigenvalue weighted by Crippen LogP contribution is 2.41. The van der Waals surface area contributed by atoms with Crippen LogP contribution in [0.25, 0.3) is 0 Å². The largest absolute Gasteiger partial charge is 0.496 e. The van der Waals surface area contributed by atoms with Crippen molar-refractivity contribution in [2.75, 3.05) is 20.0 Å². The van der Waals surface area contributed by atoms with Gasteiger partial charge in [-0.25, -0.2) is 0 Å². The van der Waals surface area contributed by atoms with Crippen molar-refractivity contribution in [2.45, 2.75) is 137 Å². The average molecular weight is 600 g/mol. The summed E-state index contributed by atoms with van der Waals surface area (Å²) in [6.07, 6.45) is 13.5. The molecule has 0 fully saturated rings. The Balaban J connectivity index is 2.12. The zero-order valence-electron chi connectivity index (χ0n) is 29.5. The highest BCUT2D eigenvalue weighted by Gasteiger charge is 2.23. The van der Waals surface area contributed by atoms with Gasteiger partial charge in [0.15, 0.2) is 0 Å². The lowest BCUT2D eigenvalue weighted by Crippen LogP contribution is -2.10. The van der Waals surface area contributed by atoms with Gasteiger partial charge in [0.25, 0.3) is 0 Å². The van der Waals surface area contributed by atoms with Crippen LogP contribution in [0.1, 0.15) is 155 Å². The SMILES string of the molecule is CCCCc1cc([C@@H](C)c2cc(C)cc([C@H](C)c3cc(CCCC)c(OC)c(CCCC)c3)c2N)cc(CCCC)c1OC. The zero-order valence-corrected chi connectivity index (χ0v) is 29.5. The van der Waals surface area contributed by atoms with Crippen LogP contribution < -0.4 is 15.2 Å². The second-order valence-electron chi connectivity index (χ2n) is 13.0. The molecule has 0 unspecified atom stereocenters. The molecule has 0 saturated heterocycles. The molecule has 0 amide bonds. The van der Waals surface area contributed by atoms with Gasteiger partial charge in [-0.15, -0.1) is 0 Å². The second-order valence-corrected chi connectivity index (χ2v) is 13.0. The van der Waals surface area contributed by atoms with E-state index in [1.54, 1.807) is 0 Å². The maximum atomic E-state index is 7.16. The summed E-state index contributed by atoms with van der Waals surface area (Å²) in [4.78, 5) is 0. The summed E-state index contributed by atoms with van der Waals surface area (Å²) >= 11 is 0. The molecule has 3 heteroatoms. The molecule has 3 nitrogen and oxygen atoms in total. The minimum absolute atomic E-state index is 0.184. The fraction of sp³-hybridized carbons (Fsp3) is 0.561. The quantitative estimate of drug-likeness (QED) is 0.148. The van der Waals surface area contributed by atoms with Crippen molar-refractivity contribution < 1.29 is 9.47 Å². The van der Waals surface area contributed by atoms with Crippen LogP contribution >= 0.6 is 0 Å². The Morgan fingerprint density at radius 2 is 0.841 bits per heavy atom. The van der Waals surface area contributed by atoms with E-state index in [4.69, 9.17) is 15.2 Å². The molecule has 3 aromatic carbocycles. The minimum atomic E-state index is 0.184. The molecule has 0 radical (unpaired) electrons. The summed E-state index contributed by atoms with van der Waals surface area (Å²) in [5.41, 5.74) is 19.8. The molecule has 0 aromatic heterocycles. The molecule has 3 aromatic rings. The van der Waals surface area contributed by atoms with Crippen LogP contribution in [0.2, 0.25) is 0 Å². The Kier molecular flexibility index (Phi) is 14.2.